The van der Waals surface area contributed by atoms with Crippen LogP contribution < -0.4 is 0 Å². The van der Waals surface area contributed by atoms with E-state index in [0.717, 1.165) is 20.8 Å². The smallest absolute Gasteiger partial charge is 0.221 e. The summed E-state index contributed by atoms with van der Waals surface area (Å²) in [6.07, 6.45) is -4.39. The first-order valence-electron chi connectivity index (χ1n) is 9.78. The van der Waals surface area contributed by atoms with Gasteiger partial charge in [0.05, 0.1) is 12.7 Å². The summed E-state index contributed by atoms with van der Waals surface area (Å²) in [6.45, 7) is 6.56. The van der Waals surface area contributed by atoms with Crippen LogP contribution in [0.25, 0.3) is 0 Å². The van der Waals surface area contributed by atoms with Crippen molar-refractivity contribution in [2.45, 2.75) is 106 Å². The third-order valence-electron chi connectivity index (χ3n) is 7.89. The van der Waals surface area contributed by atoms with Crippen LogP contribution in [0.1, 0.15) is 48.5 Å². The Morgan fingerprint density at radius 3 is 1.70 bits per heavy atom. The van der Waals surface area contributed by atoms with Crippen molar-refractivity contribution < 1.29 is 55.1 Å². The Labute approximate surface area is 175 Å². The Hall–Kier alpha value is -0.440. The summed E-state index contributed by atoms with van der Waals surface area (Å²) < 4.78 is 16.7. The molecule has 5 unspecified atom stereocenters. The predicted octanol–water partition coefficient (Wildman–Crippen LogP) is -2.67. The lowest BCUT2D eigenvalue weighted by Crippen LogP contribution is -2.85. The maximum atomic E-state index is 11.2. The summed E-state index contributed by atoms with van der Waals surface area (Å²) in [7, 11) is 0. The van der Waals surface area contributed by atoms with Gasteiger partial charge in [-0.25, -0.2) is 0 Å². The number of aliphatic hydroxyl groups excluding tert-OH is 2. The Morgan fingerprint density at radius 2 is 1.27 bits per heavy atom. The fraction of sp³-hybridized carbons (Fsp3) is 1.00. The molecule has 0 aromatic heterocycles. The predicted molar refractivity (Wildman–Crippen MR) is 101 cm³/mol. The van der Waals surface area contributed by atoms with Gasteiger partial charge in [-0.2, -0.15) is 0 Å². The molecular formula is C19H36O11. The molecule has 2 rings (SSSR count). The van der Waals surface area contributed by atoms with Crippen LogP contribution in [0.4, 0.5) is 0 Å². The topological polar surface area (TPSA) is 190 Å². The molecule has 2 saturated heterocycles. The summed E-state index contributed by atoms with van der Waals surface area (Å²) in [5, 5.41) is 85.3. The van der Waals surface area contributed by atoms with Gasteiger partial charge in [-0.1, -0.05) is 0 Å². The molecule has 0 aromatic rings. The van der Waals surface area contributed by atoms with E-state index in [1.165, 1.54) is 27.7 Å². The molecule has 0 saturated carbocycles. The zero-order valence-electron chi connectivity index (χ0n) is 18.4. The molecule has 10 atom stereocenters. The maximum Gasteiger partial charge on any atom is 0.221 e. The van der Waals surface area contributed by atoms with Crippen LogP contribution in [0, 0.1) is 0 Å². The molecule has 2 aliphatic heterocycles. The number of hydrogen-bond donors (Lipinski definition) is 8. The maximum absolute atomic E-state index is 11.2. The minimum Gasteiger partial charge on any atom is -0.394 e. The standard InChI is InChI=1S/C19H36O11/c1-10-13(2,22)18(7,17(6,26)19(27,9-21)29-10)30-12-15(4,24)16(5,25)14(3,23)11(8-20)28-12/h10-12,20-27H,8-9H2,1-7H3/t10?,11?,12-,13+,14+,15?,16?,17?,18+,19+/m0/s1. The van der Waals surface area contributed by atoms with Gasteiger partial charge in [0.25, 0.3) is 0 Å². The lowest BCUT2D eigenvalue weighted by Gasteiger charge is -2.64. The SMILES string of the molecule is CC1O[C@](O)(CO)C(C)(O)[C@](C)(O[C@@H]2OC(CO)[C@@](C)(O)C(C)(O)C2(C)O)[C@]1(C)O. The second-order valence-corrected chi connectivity index (χ2v) is 9.58. The van der Waals surface area contributed by atoms with Gasteiger partial charge in [0.2, 0.25) is 5.79 Å². The van der Waals surface area contributed by atoms with Crippen LogP contribution in [0.5, 0.6) is 0 Å². The second-order valence-electron chi connectivity index (χ2n) is 9.58. The molecule has 2 heterocycles. The van der Waals surface area contributed by atoms with E-state index in [1.807, 2.05) is 0 Å². The molecule has 178 valence electrons. The minimum atomic E-state index is -2.56. The highest BCUT2D eigenvalue weighted by Gasteiger charge is 2.75. The van der Waals surface area contributed by atoms with Crippen molar-refractivity contribution in [3.05, 3.63) is 0 Å². The molecule has 11 nitrogen and oxygen atoms in total. The van der Waals surface area contributed by atoms with Crippen molar-refractivity contribution in [3.63, 3.8) is 0 Å². The fourth-order valence-electron chi connectivity index (χ4n) is 4.25. The van der Waals surface area contributed by atoms with Crippen molar-refractivity contribution in [2.75, 3.05) is 13.2 Å². The van der Waals surface area contributed by atoms with Crippen LogP contribution in [-0.2, 0) is 14.2 Å². The van der Waals surface area contributed by atoms with Crippen LogP contribution in [0.3, 0.4) is 0 Å². The second kappa shape index (κ2) is 7.03. The van der Waals surface area contributed by atoms with Crippen molar-refractivity contribution in [1.82, 2.24) is 0 Å². The average molecular weight is 440 g/mol. The lowest BCUT2D eigenvalue weighted by atomic mass is 9.64. The van der Waals surface area contributed by atoms with E-state index in [9.17, 15) is 40.9 Å². The largest absolute Gasteiger partial charge is 0.394 e. The van der Waals surface area contributed by atoms with Crippen molar-refractivity contribution in [2.24, 2.45) is 0 Å². The molecule has 0 spiro atoms. The van der Waals surface area contributed by atoms with Gasteiger partial charge in [0.1, 0.15) is 46.3 Å². The summed E-state index contributed by atoms with van der Waals surface area (Å²) in [6, 6.07) is 0. The van der Waals surface area contributed by atoms with Gasteiger partial charge in [0.15, 0.2) is 6.29 Å². The van der Waals surface area contributed by atoms with Crippen molar-refractivity contribution >= 4 is 0 Å². The monoisotopic (exact) mass is 440 g/mol. The van der Waals surface area contributed by atoms with Gasteiger partial charge in [-0.15, -0.1) is 0 Å². The average Bonchev–Trinajstić information content (AvgIpc) is 2.61. The zero-order chi connectivity index (χ0) is 23.8. The third-order valence-corrected chi connectivity index (χ3v) is 7.89. The highest BCUT2D eigenvalue weighted by Crippen LogP contribution is 2.53. The van der Waals surface area contributed by atoms with E-state index in [0.29, 0.717) is 0 Å². The van der Waals surface area contributed by atoms with E-state index in [2.05, 4.69) is 0 Å². The minimum absolute atomic E-state index is 0.747. The number of rotatable bonds is 4. The summed E-state index contributed by atoms with van der Waals surface area (Å²) >= 11 is 0. The van der Waals surface area contributed by atoms with Crippen LogP contribution in [0.2, 0.25) is 0 Å². The fourth-order valence-corrected chi connectivity index (χ4v) is 4.25. The third kappa shape index (κ3) is 2.92. The first kappa shape index (κ1) is 25.8. The molecule has 8 N–H and O–H groups in total. The highest BCUT2D eigenvalue weighted by atomic mass is 16.7. The first-order chi connectivity index (χ1) is 13.2. The van der Waals surface area contributed by atoms with Gasteiger partial charge in [-0.3, -0.25) is 0 Å². The van der Waals surface area contributed by atoms with Crippen LogP contribution in [0.15, 0.2) is 0 Å². The highest BCUT2D eigenvalue weighted by molar-refractivity contribution is 5.20. The number of aliphatic hydroxyl groups is 8. The van der Waals surface area contributed by atoms with Crippen molar-refractivity contribution in [3.8, 4) is 0 Å². The van der Waals surface area contributed by atoms with E-state index in [-0.39, 0.29) is 0 Å². The van der Waals surface area contributed by atoms with Crippen LogP contribution >= 0.6 is 0 Å². The van der Waals surface area contributed by atoms with E-state index < -0.39 is 71.1 Å². The molecule has 0 bridgehead atoms. The molecule has 11 heteroatoms. The van der Waals surface area contributed by atoms with E-state index in [4.69, 9.17) is 14.2 Å². The Balaban J connectivity index is 2.61. The molecule has 0 aliphatic carbocycles. The van der Waals surface area contributed by atoms with Gasteiger partial charge >= 0.3 is 0 Å². The van der Waals surface area contributed by atoms with E-state index in [1.54, 1.807) is 0 Å². The first-order valence-corrected chi connectivity index (χ1v) is 9.78. The van der Waals surface area contributed by atoms with Gasteiger partial charge in [-0.05, 0) is 48.5 Å². The summed E-state index contributed by atoms with van der Waals surface area (Å²) in [5.74, 6) is -2.56. The number of hydrogen-bond acceptors (Lipinski definition) is 11. The zero-order valence-corrected chi connectivity index (χ0v) is 18.4. The molecule has 2 aliphatic rings. The quantitative estimate of drug-likeness (QED) is 0.228. The van der Waals surface area contributed by atoms with E-state index >= 15 is 0 Å². The Kier molecular flexibility index (Phi) is 6.05. The summed E-state index contributed by atoms with van der Waals surface area (Å²) in [4.78, 5) is 0. The van der Waals surface area contributed by atoms with Crippen LogP contribution in [-0.4, -0.2) is 112 Å². The Bertz CT molecular complexity index is 659. The normalized spacial score (nSPS) is 59.9. The van der Waals surface area contributed by atoms with Gasteiger partial charge < -0.3 is 55.1 Å². The molecule has 30 heavy (non-hydrogen) atoms. The van der Waals surface area contributed by atoms with Gasteiger partial charge in [0, 0.05) is 0 Å². The molecule has 0 radical (unpaired) electrons. The molecule has 0 amide bonds. The molecule has 2 fully saturated rings. The summed E-state index contributed by atoms with van der Waals surface area (Å²) in [5.41, 5.74) is -13.4. The number of ether oxygens (including phenoxy) is 3. The van der Waals surface area contributed by atoms with Crippen molar-refractivity contribution in [1.29, 1.82) is 0 Å². The Morgan fingerprint density at radius 1 is 0.767 bits per heavy atom. The molecular weight excluding hydrogens is 404 g/mol. The lowest BCUT2D eigenvalue weighted by molar-refractivity contribution is -0.474. The molecule has 0 aromatic carbocycles.